The summed E-state index contributed by atoms with van der Waals surface area (Å²) in [7, 11) is 1.74. The number of nitrogens with zero attached hydrogens (tertiary/aromatic N) is 2. The number of halogens is 1. The van der Waals surface area contributed by atoms with Crippen molar-refractivity contribution in [2.24, 2.45) is 7.05 Å². The van der Waals surface area contributed by atoms with Gasteiger partial charge in [0, 0.05) is 24.7 Å². The first kappa shape index (κ1) is 11.4. The van der Waals surface area contributed by atoms with Gasteiger partial charge in [-0.15, -0.1) is 11.3 Å². The number of thiazole rings is 1. The fourth-order valence-corrected chi connectivity index (χ4v) is 2.80. The van der Waals surface area contributed by atoms with E-state index in [9.17, 15) is 4.79 Å². The zero-order valence-electron chi connectivity index (χ0n) is 9.55. The smallest absolute Gasteiger partial charge is 0.252 e. The second-order valence-electron chi connectivity index (χ2n) is 3.99. The molecule has 0 aliphatic rings. The van der Waals surface area contributed by atoms with E-state index in [-0.39, 0.29) is 5.56 Å². The Labute approximate surface area is 112 Å². The van der Waals surface area contributed by atoms with Crippen molar-refractivity contribution in [2.45, 2.75) is 0 Å². The number of rotatable bonds is 1. The minimum atomic E-state index is -0.0990. The predicted octanol–water partition coefficient (Wildman–Crippen LogP) is 3.32. The van der Waals surface area contributed by atoms with E-state index in [4.69, 9.17) is 11.6 Å². The van der Waals surface area contributed by atoms with Gasteiger partial charge in [0.15, 0.2) is 0 Å². The Morgan fingerprint density at radius 1 is 1.33 bits per heavy atom. The van der Waals surface area contributed by atoms with Crippen molar-refractivity contribution in [3.8, 4) is 10.4 Å². The number of aryl methyl sites for hydroxylation is 1. The van der Waals surface area contributed by atoms with E-state index < -0.39 is 0 Å². The predicted molar refractivity (Wildman–Crippen MR) is 75.3 cm³/mol. The summed E-state index contributed by atoms with van der Waals surface area (Å²) in [6, 6.07) is 7.33. The molecule has 0 unspecified atom stereocenters. The first-order chi connectivity index (χ1) is 8.66. The van der Waals surface area contributed by atoms with E-state index in [0.29, 0.717) is 5.02 Å². The van der Waals surface area contributed by atoms with Gasteiger partial charge < -0.3 is 4.57 Å². The number of fused-ring (bicyclic) bond motifs is 1. The minimum Gasteiger partial charge on any atom is -0.311 e. The number of pyridine rings is 1. The standard InChI is InChI=1S/C13H9ClN2OS/c1-16-11-3-2-8(12-6-15-7-18-12)4-9(11)10(14)5-13(16)17/h2-7H,1H3. The summed E-state index contributed by atoms with van der Waals surface area (Å²) in [4.78, 5) is 16.8. The van der Waals surface area contributed by atoms with Crippen LogP contribution in [0.1, 0.15) is 0 Å². The summed E-state index contributed by atoms with van der Waals surface area (Å²) in [5, 5.41) is 1.36. The van der Waals surface area contributed by atoms with Crippen LogP contribution in [0.15, 0.2) is 40.8 Å². The van der Waals surface area contributed by atoms with Gasteiger partial charge in [-0.1, -0.05) is 17.7 Å². The molecule has 3 aromatic rings. The molecule has 90 valence electrons. The van der Waals surface area contributed by atoms with Crippen molar-refractivity contribution < 1.29 is 0 Å². The van der Waals surface area contributed by atoms with Crippen LogP contribution in [0.2, 0.25) is 5.02 Å². The Morgan fingerprint density at radius 3 is 2.89 bits per heavy atom. The maximum atomic E-state index is 11.6. The molecule has 5 heteroatoms. The topological polar surface area (TPSA) is 34.9 Å². The number of benzene rings is 1. The van der Waals surface area contributed by atoms with Crippen LogP contribution in [0.5, 0.6) is 0 Å². The largest absolute Gasteiger partial charge is 0.311 e. The van der Waals surface area contributed by atoms with Gasteiger partial charge in [-0.25, -0.2) is 0 Å². The van der Waals surface area contributed by atoms with Gasteiger partial charge in [-0.05, 0) is 17.7 Å². The summed E-state index contributed by atoms with van der Waals surface area (Å²) in [6.45, 7) is 0. The Morgan fingerprint density at radius 2 is 2.17 bits per heavy atom. The number of hydrogen-bond donors (Lipinski definition) is 0. The highest BCUT2D eigenvalue weighted by atomic mass is 35.5. The van der Waals surface area contributed by atoms with Crippen molar-refractivity contribution >= 4 is 33.8 Å². The lowest BCUT2D eigenvalue weighted by molar-refractivity contribution is 0.906. The van der Waals surface area contributed by atoms with Crippen molar-refractivity contribution in [1.82, 2.24) is 9.55 Å². The Bertz CT molecular complexity index is 778. The van der Waals surface area contributed by atoms with E-state index in [1.54, 1.807) is 28.5 Å². The highest BCUT2D eigenvalue weighted by Crippen LogP contribution is 2.29. The first-order valence-corrected chi connectivity index (χ1v) is 6.61. The fourth-order valence-electron chi connectivity index (χ4n) is 1.93. The average Bonchev–Trinajstić information content (AvgIpc) is 2.89. The van der Waals surface area contributed by atoms with Gasteiger partial charge in [0.25, 0.3) is 5.56 Å². The van der Waals surface area contributed by atoms with E-state index in [2.05, 4.69) is 4.98 Å². The molecule has 3 nitrogen and oxygen atoms in total. The van der Waals surface area contributed by atoms with Crippen LogP contribution >= 0.6 is 22.9 Å². The van der Waals surface area contributed by atoms with Gasteiger partial charge >= 0.3 is 0 Å². The van der Waals surface area contributed by atoms with Gasteiger partial charge in [0.1, 0.15) is 0 Å². The molecule has 0 N–H and O–H groups in total. The lowest BCUT2D eigenvalue weighted by Gasteiger charge is -2.07. The molecule has 0 amide bonds. The third-order valence-electron chi connectivity index (χ3n) is 2.91. The molecule has 18 heavy (non-hydrogen) atoms. The zero-order chi connectivity index (χ0) is 12.7. The molecule has 0 aliphatic carbocycles. The van der Waals surface area contributed by atoms with E-state index in [1.807, 2.05) is 24.4 Å². The summed E-state index contributed by atoms with van der Waals surface area (Å²) in [5.41, 5.74) is 3.59. The molecule has 2 aromatic heterocycles. The average molecular weight is 277 g/mol. The third kappa shape index (κ3) is 1.74. The maximum absolute atomic E-state index is 11.6. The molecule has 1 aromatic carbocycles. The summed E-state index contributed by atoms with van der Waals surface area (Å²) >= 11 is 7.72. The SMILES string of the molecule is Cn1c(=O)cc(Cl)c2cc(-c3cncs3)ccc21. The van der Waals surface area contributed by atoms with E-state index in [0.717, 1.165) is 21.3 Å². The highest BCUT2D eigenvalue weighted by molar-refractivity contribution is 7.13. The molecule has 2 heterocycles. The molecule has 0 atom stereocenters. The molecule has 0 saturated heterocycles. The first-order valence-electron chi connectivity index (χ1n) is 5.35. The van der Waals surface area contributed by atoms with Crippen LogP contribution in [0.3, 0.4) is 0 Å². The molecule has 0 fully saturated rings. The number of hydrogen-bond acceptors (Lipinski definition) is 3. The van der Waals surface area contributed by atoms with Crippen LogP contribution < -0.4 is 5.56 Å². The second kappa shape index (κ2) is 4.23. The van der Waals surface area contributed by atoms with Crippen molar-refractivity contribution in [3.05, 3.63) is 51.3 Å². The van der Waals surface area contributed by atoms with Crippen LogP contribution in [0, 0.1) is 0 Å². The van der Waals surface area contributed by atoms with Crippen LogP contribution in [-0.2, 0) is 7.05 Å². The van der Waals surface area contributed by atoms with Gasteiger partial charge in [-0.2, -0.15) is 0 Å². The third-order valence-corrected chi connectivity index (χ3v) is 4.05. The van der Waals surface area contributed by atoms with Crippen LogP contribution in [0.4, 0.5) is 0 Å². The molecule has 3 rings (SSSR count). The lowest BCUT2D eigenvalue weighted by Crippen LogP contribution is -2.15. The minimum absolute atomic E-state index is 0.0990. The van der Waals surface area contributed by atoms with Crippen molar-refractivity contribution in [2.75, 3.05) is 0 Å². The number of aromatic nitrogens is 2. The quantitative estimate of drug-likeness (QED) is 0.683. The Balaban J connectivity index is 2.34. The molecular formula is C13H9ClN2OS. The van der Waals surface area contributed by atoms with Crippen molar-refractivity contribution in [3.63, 3.8) is 0 Å². The summed E-state index contributed by atoms with van der Waals surface area (Å²) < 4.78 is 1.59. The summed E-state index contributed by atoms with van der Waals surface area (Å²) in [6.07, 6.45) is 1.82. The molecule has 0 bridgehead atoms. The van der Waals surface area contributed by atoms with E-state index >= 15 is 0 Å². The molecule has 0 radical (unpaired) electrons. The maximum Gasteiger partial charge on any atom is 0.252 e. The molecule has 0 saturated carbocycles. The molecular weight excluding hydrogens is 268 g/mol. The molecule has 0 spiro atoms. The molecule has 0 aliphatic heterocycles. The monoisotopic (exact) mass is 276 g/mol. The highest BCUT2D eigenvalue weighted by Gasteiger charge is 2.07. The van der Waals surface area contributed by atoms with Gasteiger partial charge in [-0.3, -0.25) is 9.78 Å². The zero-order valence-corrected chi connectivity index (χ0v) is 11.1. The van der Waals surface area contributed by atoms with Gasteiger partial charge in [0.05, 0.1) is 20.9 Å². The Hall–Kier alpha value is -1.65. The van der Waals surface area contributed by atoms with E-state index in [1.165, 1.54) is 6.07 Å². The van der Waals surface area contributed by atoms with Crippen molar-refractivity contribution in [1.29, 1.82) is 0 Å². The van der Waals surface area contributed by atoms with Crippen LogP contribution in [-0.4, -0.2) is 9.55 Å². The normalized spacial score (nSPS) is 11.0. The van der Waals surface area contributed by atoms with Gasteiger partial charge in [0.2, 0.25) is 0 Å². The second-order valence-corrected chi connectivity index (χ2v) is 5.28. The Kier molecular flexibility index (Phi) is 2.69. The van der Waals surface area contributed by atoms with Crippen LogP contribution in [0.25, 0.3) is 21.3 Å². The summed E-state index contributed by atoms with van der Waals surface area (Å²) in [5.74, 6) is 0. The lowest BCUT2D eigenvalue weighted by atomic mass is 10.1. The fraction of sp³-hybridized carbons (Fsp3) is 0.0769.